The highest BCUT2D eigenvalue weighted by molar-refractivity contribution is 5.75. The molecule has 1 aromatic carbocycles. The SMILES string of the molecule is COC(=O)C(O)C(O)c1ccccc1C(OC)OC. The average Bonchev–Trinajstić information content (AvgIpc) is 2.46. The Kier molecular flexibility index (Phi) is 5.91. The maximum absolute atomic E-state index is 11.3. The minimum atomic E-state index is -1.67. The van der Waals surface area contributed by atoms with Gasteiger partial charge in [-0.3, -0.25) is 0 Å². The van der Waals surface area contributed by atoms with Crippen molar-refractivity contribution in [1.29, 1.82) is 0 Å². The third kappa shape index (κ3) is 3.51. The van der Waals surface area contributed by atoms with Gasteiger partial charge in [-0.2, -0.15) is 0 Å². The summed E-state index contributed by atoms with van der Waals surface area (Å²) in [6.07, 6.45) is -3.78. The lowest BCUT2D eigenvalue weighted by molar-refractivity contribution is -0.157. The van der Waals surface area contributed by atoms with Crippen LogP contribution in [0.3, 0.4) is 0 Å². The smallest absolute Gasteiger partial charge is 0.337 e. The molecule has 0 spiro atoms. The van der Waals surface area contributed by atoms with Crippen LogP contribution in [0.1, 0.15) is 23.5 Å². The molecule has 0 heterocycles. The molecule has 0 aromatic heterocycles. The van der Waals surface area contributed by atoms with Crippen LogP contribution in [-0.2, 0) is 19.0 Å². The van der Waals surface area contributed by atoms with Crippen molar-refractivity contribution in [2.75, 3.05) is 21.3 Å². The van der Waals surface area contributed by atoms with Gasteiger partial charge in [0, 0.05) is 19.8 Å². The van der Waals surface area contributed by atoms with Crippen LogP contribution in [0.4, 0.5) is 0 Å². The second kappa shape index (κ2) is 7.20. The zero-order valence-electron chi connectivity index (χ0n) is 11.1. The third-order valence-corrected chi connectivity index (χ3v) is 2.74. The lowest BCUT2D eigenvalue weighted by Crippen LogP contribution is -2.30. The molecular formula is C13H18O6. The molecule has 0 fully saturated rings. The van der Waals surface area contributed by atoms with Crippen molar-refractivity contribution in [2.45, 2.75) is 18.5 Å². The van der Waals surface area contributed by atoms with Crippen LogP contribution in [0.25, 0.3) is 0 Å². The fourth-order valence-electron chi connectivity index (χ4n) is 1.76. The van der Waals surface area contributed by atoms with Crippen molar-refractivity contribution in [1.82, 2.24) is 0 Å². The Morgan fingerprint density at radius 1 is 1.05 bits per heavy atom. The molecule has 2 atom stereocenters. The van der Waals surface area contributed by atoms with Crippen molar-refractivity contribution in [3.8, 4) is 0 Å². The van der Waals surface area contributed by atoms with Gasteiger partial charge in [-0.25, -0.2) is 4.79 Å². The number of carbonyl (C=O) groups is 1. The number of rotatable bonds is 6. The van der Waals surface area contributed by atoms with Gasteiger partial charge in [0.15, 0.2) is 12.4 Å². The Hall–Kier alpha value is -1.47. The Bertz CT molecular complexity index is 415. The summed E-state index contributed by atoms with van der Waals surface area (Å²) in [6.45, 7) is 0. The highest BCUT2D eigenvalue weighted by Gasteiger charge is 2.29. The first-order valence-corrected chi connectivity index (χ1v) is 5.65. The van der Waals surface area contributed by atoms with Gasteiger partial charge in [0.25, 0.3) is 0 Å². The Balaban J connectivity index is 3.09. The van der Waals surface area contributed by atoms with E-state index in [0.29, 0.717) is 11.1 Å². The summed E-state index contributed by atoms with van der Waals surface area (Å²) in [6, 6.07) is 6.67. The lowest BCUT2D eigenvalue weighted by atomic mass is 9.98. The van der Waals surface area contributed by atoms with Crippen LogP contribution in [0, 0.1) is 0 Å². The number of aliphatic hydroxyl groups excluding tert-OH is 2. The second-order valence-electron chi connectivity index (χ2n) is 3.85. The number of hydrogen-bond acceptors (Lipinski definition) is 6. The van der Waals surface area contributed by atoms with Gasteiger partial charge in [-0.05, 0) is 5.56 Å². The van der Waals surface area contributed by atoms with Gasteiger partial charge >= 0.3 is 5.97 Å². The minimum Gasteiger partial charge on any atom is -0.467 e. The number of benzene rings is 1. The molecule has 106 valence electrons. The first kappa shape index (κ1) is 15.6. The summed E-state index contributed by atoms with van der Waals surface area (Å²) >= 11 is 0. The summed E-state index contributed by atoms with van der Waals surface area (Å²) in [7, 11) is 4.04. The molecule has 0 saturated heterocycles. The number of ether oxygens (including phenoxy) is 3. The summed E-state index contributed by atoms with van der Waals surface area (Å²) in [5, 5.41) is 19.7. The molecule has 6 heteroatoms. The summed E-state index contributed by atoms with van der Waals surface area (Å²) in [4.78, 5) is 11.3. The first-order chi connectivity index (χ1) is 9.06. The Morgan fingerprint density at radius 3 is 2.05 bits per heavy atom. The van der Waals surface area contributed by atoms with Crippen LogP contribution in [0.15, 0.2) is 24.3 Å². The van der Waals surface area contributed by atoms with Crippen LogP contribution in [-0.4, -0.2) is 43.6 Å². The number of hydrogen-bond donors (Lipinski definition) is 2. The molecule has 0 amide bonds. The maximum atomic E-state index is 11.3. The summed E-state index contributed by atoms with van der Waals surface area (Å²) < 4.78 is 14.6. The average molecular weight is 270 g/mol. The van der Waals surface area contributed by atoms with Crippen molar-refractivity contribution >= 4 is 5.97 Å². The largest absolute Gasteiger partial charge is 0.467 e. The molecule has 6 nitrogen and oxygen atoms in total. The lowest BCUT2D eigenvalue weighted by Gasteiger charge is -2.22. The van der Waals surface area contributed by atoms with Gasteiger partial charge in [0.1, 0.15) is 6.10 Å². The maximum Gasteiger partial charge on any atom is 0.337 e. The predicted octanol–water partition coefficient (Wildman–Crippen LogP) is 0.545. The zero-order chi connectivity index (χ0) is 14.4. The number of esters is 1. The van der Waals surface area contributed by atoms with Crippen molar-refractivity contribution < 1.29 is 29.2 Å². The molecule has 0 aliphatic heterocycles. The third-order valence-electron chi connectivity index (χ3n) is 2.74. The fraction of sp³-hybridized carbons (Fsp3) is 0.462. The minimum absolute atomic E-state index is 0.342. The van der Waals surface area contributed by atoms with E-state index in [1.54, 1.807) is 24.3 Å². The van der Waals surface area contributed by atoms with Gasteiger partial charge in [-0.1, -0.05) is 24.3 Å². The van der Waals surface area contributed by atoms with E-state index in [0.717, 1.165) is 7.11 Å². The van der Waals surface area contributed by atoms with Crippen LogP contribution in [0.2, 0.25) is 0 Å². The monoisotopic (exact) mass is 270 g/mol. The number of aliphatic hydroxyl groups is 2. The van der Waals surface area contributed by atoms with E-state index in [-0.39, 0.29) is 0 Å². The molecule has 1 aromatic rings. The summed E-state index contributed by atoms with van der Waals surface area (Å²) in [5.41, 5.74) is 0.872. The van der Waals surface area contributed by atoms with E-state index >= 15 is 0 Å². The first-order valence-electron chi connectivity index (χ1n) is 5.65. The fourth-order valence-corrected chi connectivity index (χ4v) is 1.76. The topological polar surface area (TPSA) is 85.2 Å². The van der Waals surface area contributed by atoms with E-state index in [9.17, 15) is 15.0 Å². The molecule has 2 N–H and O–H groups in total. The highest BCUT2D eigenvalue weighted by atomic mass is 16.7. The molecule has 0 radical (unpaired) electrons. The van der Waals surface area contributed by atoms with Gasteiger partial charge in [0.2, 0.25) is 0 Å². The van der Waals surface area contributed by atoms with Crippen molar-refractivity contribution in [2.24, 2.45) is 0 Å². The molecule has 0 aliphatic rings. The summed E-state index contributed by atoms with van der Waals surface area (Å²) in [5.74, 6) is -0.909. The molecular weight excluding hydrogens is 252 g/mol. The van der Waals surface area contributed by atoms with E-state index < -0.39 is 24.5 Å². The number of carbonyl (C=O) groups excluding carboxylic acids is 1. The van der Waals surface area contributed by atoms with Crippen LogP contribution < -0.4 is 0 Å². The zero-order valence-corrected chi connectivity index (χ0v) is 11.1. The van der Waals surface area contributed by atoms with Crippen LogP contribution in [0.5, 0.6) is 0 Å². The van der Waals surface area contributed by atoms with E-state index in [1.807, 2.05) is 0 Å². The van der Waals surface area contributed by atoms with E-state index in [1.165, 1.54) is 14.2 Å². The molecule has 19 heavy (non-hydrogen) atoms. The highest BCUT2D eigenvalue weighted by Crippen LogP contribution is 2.28. The van der Waals surface area contributed by atoms with Crippen molar-refractivity contribution in [3.05, 3.63) is 35.4 Å². The van der Waals surface area contributed by atoms with Gasteiger partial charge in [-0.15, -0.1) is 0 Å². The Morgan fingerprint density at radius 2 is 1.58 bits per heavy atom. The second-order valence-corrected chi connectivity index (χ2v) is 3.85. The van der Waals surface area contributed by atoms with Gasteiger partial charge in [0.05, 0.1) is 7.11 Å². The standard InChI is InChI=1S/C13H18O6/c1-17-12(16)11(15)10(14)8-6-4-5-7-9(8)13(18-2)19-3/h4-7,10-11,13-15H,1-3H3. The quantitative estimate of drug-likeness (QED) is 0.580. The normalized spacial score (nSPS) is 14.2. The molecule has 0 aliphatic carbocycles. The predicted molar refractivity (Wildman–Crippen MR) is 66.2 cm³/mol. The number of methoxy groups -OCH3 is 3. The van der Waals surface area contributed by atoms with Crippen LogP contribution >= 0.6 is 0 Å². The molecule has 0 saturated carbocycles. The molecule has 0 bridgehead atoms. The van der Waals surface area contributed by atoms with E-state index in [4.69, 9.17) is 9.47 Å². The molecule has 1 rings (SSSR count). The van der Waals surface area contributed by atoms with Gasteiger partial charge < -0.3 is 24.4 Å². The van der Waals surface area contributed by atoms with Crippen molar-refractivity contribution in [3.63, 3.8) is 0 Å². The molecule has 2 unspecified atom stereocenters. The Labute approximate surface area is 111 Å². The van der Waals surface area contributed by atoms with E-state index in [2.05, 4.69) is 4.74 Å².